The van der Waals surface area contributed by atoms with E-state index in [1.165, 1.54) is 6.20 Å². The molecule has 0 bridgehead atoms. The van der Waals surface area contributed by atoms with Gasteiger partial charge in [-0.05, 0) is 33.6 Å². The van der Waals surface area contributed by atoms with Crippen molar-refractivity contribution in [3.05, 3.63) is 28.5 Å². The van der Waals surface area contributed by atoms with Crippen molar-refractivity contribution in [3.8, 4) is 0 Å². The van der Waals surface area contributed by atoms with E-state index in [1.54, 1.807) is 12.3 Å². The van der Waals surface area contributed by atoms with E-state index in [9.17, 15) is 4.79 Å². The van der Waals surface area contributed by atoms with Crippen molar-refractivity contribution >= 4 is 32.8 Å². The fraction of sp³-hybridized carbons (Fsp3) is 0. The van der Waals surface area contributed by atoms with Gasteiger partial charge in [0.1, 0.15) is 0 Å². The summed E-state index contributed by atoms with van der Waals surface area (Å²) in [6.07, 6.45) is 2.99. The molecule has 0 atom stereocenters. The van der Waals surface area contributed by atoms with Crippen LogP contribution in [0.5, 0.6) is 0 Å². The average molecular weight is 220 g/mol. The van der Waals surface area contributed by atoms with Crippen molar-refractivity contribution in [1.82, 2.24) is 4.98 Å². The van der Waals surface area contributed by atoms with Crippen LogP contribution in [-0.4, -0.2) is 10.2 Å². The van der Waals surface area contributed by atoms with Crippen LogP contribution >= 0.6 is 27.5 Å². The van der Waals surface area contributed by atoms with Gasteiger partial charge < -0.3 is 0 Å². The lowest BCUT2D eigenvalue weighted by Crippen LogP contribution is -1.90. The summed E-state index contributed by atoms with van der Waals surface area (Å²) in [7, 11) is 0. The van der Waals surface area contributed by atoms with Crippen LogP contribution in [0.15, 0.2) is 22.9 Å². The fourth-order valence-corrected chi connectivity index (χ4v) is 1.19. The molecular formula is C6H3BrClNO. The quantitative estimate of drug-likeness (QED) is 0.679. The van der Waals surface area contributed by atoms with Crippen LogP contribution in [0.4, 0.5) is 0 Å². The highest BCUT2D eigenvalue weighted by molar-refractivity contribution is 9.10. The molecular weight excluding hydrogens is 217 g/mol. The lowest BCUT2D eigenvalue weighted by molar-refractivity contribution is 0.108. The molecule has 52 valence electrons. The van der Waals surface area contributed by atoms with Crippen LogP contribution in [0.3, 0.4) is 0 Å². The zero-order valence-electron chi connectivity index (χ0n) is 4.84. The smallest absolute Gasteiger partial charge is 0.255 e. The van der Waals surface area contributed by atoms with Gasteiger partial charge in [0.05, 0.1) is 5.56 Å². The van der Waals surface area contributed by atoms with E-state index in [-0.39, 0.29) is 0 Å². The molecule has 0 aromatic carbocycles. The molecule has 2 nitrogen and oxygen atoms in total. The number of nitrogens with zero attached hydrogens (tertiary/aromatic N) is 1. The summed E-state index contributed by atoms with van der Waals surface area (Å²) >= 11 is 8.35. The second-order valence-electron chi connectivity index (χ2n) is 1.63. The van der Waals surface area contributed by atoms with Crippen molar-refractivity contribution in [2.45, 2.75) is 0 Å². The second-order valence-corrected chi connectivity index (χ2v) is 2.83. The summed E-state index contributed by atoms with van der Waals surface area (Å²) in [5.74, 6) is 0. The lowest BCUT2D eigenvalue weighted by Gasteiger charge is -1.93. The highest BCUT2D eigenvalue weighted by atomic mass is 79.9. The molecule has 0 saturated heterocycles. The van der Waals surface area contributed by atoms with E-state index < -0.39 is 5.24 Å². The molecule has 1 aromatic rings. The molecule has 0 amide bonds. The van der Waals surface area contributed by atoms with E-state index >= 15 is 0 Å². The first-order valence-electron chi connectivity index (χ1n) is 2.51. The Morgan fingerprint density at radius 3 is 2.80 bits per heavy atom. The summed E-state index contributed by atoms with van der Waals surface area (Å²) in [6.45, 7) is 0. The van der Waals surface area contributed by atoms with E-state index in [1.807, 2.05) is 0 Å². The normalized spacial score (nSPS) is 9.40. The maximum atomic E-state index is 10.6. The Balaban J connectivity index is 3.15. The van der Waals surface area contributed by atoms with E-state index in [4.69, 9.17) is 11.6 Å². The van der Waals surface area contributed by atoms with Gasteiger partial charge in [0.2, 0.25) is 0 Å². The zero-order chi connectivity index (χ0) is 7.56. The molecule has 0 aliphatic rings. The largest absolute Gasteiger partial charge is 0.276 e. The number of hydrogen-bond donors (Lipinski definition) is 0. The van der Waals surface area contributed by atoms with Crippen LogP contribution in [0.25, 0.3) is 0 Å². The molecule has 1 aromatic heterocycles. The predicted molar refractivity (Wildman–Crippen MR) is 42.1 cm³/mol. The predicted octanol–water partition coefficient (Wildman–Crippen LogP) is 2.22. The minimum atomic E-state index is -0.500. The Morgan fingerprint density at radius 2 is 2.40 bits per heavy atom. The Bertz CT molecular complexity index is 264. The molecule has 1 heterocycles. The van der Waals surface area contributed by atoms with E-state index in [0.717, 1.165) is 0 Å². The Morgan fingerprint density at radius 1 is 1.70 bits per heavy atom. The minimum absolute atomic E-state index is 0.393. The number of carbonyl (C=O) groups excluding carboxylic acids is 1. The standard InChI is InChI=1S/C6H3BrClNO/c7-5-1-2-9-3-4(5)6(8)10/h1-3H. The molecule has 0 radical (unpaired) electrons. The van der Waals surface area contributed by atoms with Crippen molar-refractivity contribution < 1.29 is 4.79 Å². The molecule has 1 rings (SSSR count). The third-order valence-corrected chi connectivity index (χ3v) is 1.87. The second kappa shape index (κ2) is 3.12. The molecule has 0 aliphatic heterocycles. The monoisotopic (exact) mass is 219 g/mol. The zero-order valence-corrected chi connectivity index (χ0v) is 7.19. The number of halogens is 2. The van der Waals surface area contributed by atoms with Gasteiger partial charge in [0, 0.05) is 16.9 Å². The van der Waals surface area contributed by atoms with Gasteiger partial charge in [-0.1, -0.05) is 0 Å². The van der Waals surface area contributed by atoms with Gasteiger partial charge in [-0.2, -0.15) is 0 Å². The summed E-state index contributed by atoms with van der Waals surface area (Å²) in [4.78, 5) is 14.3. The van der Waals surface area contributed by atoms with E-state index in [2.05, 4.69) is 20.9 Å². The van der Waals surface area contributed by atoms with E-state index in [0.29, 0.717) is 10.0 Å². The van der Waals surface area contributed by atoms with Crippen molar-refractivity contribution in [1.29, 1.82) is 0 Å². The maximum absolute atomic E-state index is 10.6. The highest BCUT2D eigenvalue weighted by Crippen LogP contribution is 2.15. The fourth-order valence-electron chi connectivity index (χ4n) is 0.522. The highest BCUT2D eigenvalue weighted by Gasteiger charge is 2.04. The summed E-state index contributed by atoms with van der Waals surface area (Å²) in [6, 6.07) is 1.66. The van der Waals surface area contributed by atoms with Crippen LogP contribution < -0.4 is 0 Å². The van der Waals surface area contributed by atoms with Crippen LogP contribution in [0.1, 0.15) is 10.4 Å². The first-order valence-corrected chi connectivity index (χ1v) is 3.68. The third-order valence-electron chi connectivity index (χ3n) is 0.980. The average Bonchev–Trinajstić information content (AvgIpc) is 1.88. The van der Waals surface area contributed by atoms with Crippen LogP contribution in [0.2, 0.25) is 0 Å². The van der Waals surface area contributed by atoms with Crippen molar-refractivity contribution in [3.63, 3.8) is 0 Å². The number of carbonyl (C=O) groups is 1. The Hall–Kier alpha value is -0.410. The third kappa shape index (κ3) is 1.55. The van der Waals surface area contributed by atoms with Gasteiger partial charge >= 0.3 is 0 Å². The molecule has 0 saturated carbocycles. The number of pyridine rings is 1. The summed E-state index contributed by atoms with van der Waals surface area (Å²) in [5.41, 5.74) is 0.393. The number of hydrogen-bond acceptors (Lipinski definition) is 2. The Labute approximate surface area is 71.3 Å². The van der Waals surface area contributed by atoms with Gasteiger partial charge in [-0.15, -0.1) is 0 Å². The molecule has 0 N–H and O–H groups in total. The first-order chi connectivity index (χ1) is 4.72. The molecule has 10 heavy (non-hydrogen) atoms. The van der Waals surface area contributed by atoms with Gasteiger partial charge in [-0.25, -0.2) is 0 Å². The molecule has 0 fully saturated rings. The van der Waals surface area contributed by atoms with Crippen LogP contribution in [-0.2, 0) is 0 Å². The van der Waals surface area contributed by atoms with Crippen molar-refractivity contribution in [2.24, 2.45) is 0 Å². The van der Waals surface area contributed by atoms with Gasteiger partial charge in [0.15, 0.2) is 0 Å². The molecule has 0 spiro atoms. The topological polar surface area (TPSA) is 30.0 Å². The van der Waals surface area contributed by atoms with Crippen LogP contribution in [0, 0.1) is 0 Å². The summed E-state index contributed by atoms with van der Waals surface area (Å²) in [5, 5.41) is -0.500. The SMILES string of the molecule is O=C(Cl)c1cnccc1Br. The summed E-state index contributed by atoms with van der Waals surface area (Å²) < 4.78 is 0.669. The Kier molecular flexibility index (Phi) is 2.40. The lowest BCUT2D eigenvalue weighted by atomic mass is 10.3. The maximum Gasteiger partial charge on any atom is 0.255 e. The van der Waals surface area contributed by atoms with Gasteiger partial charge in [0.25, 0.3) is 5.24 Å². The number of rotatable bonds is 1. The molecule has 0 aliphatic carbocycles. The van der Waals surface area contributed by atoms with Gasteiger partial charge in [-0.3, -0.25) is 9.78 Å². The number of aromatic nitrogens is 1. The minimum Gasteiger partial charge on any atom is -0.276 e. The van der Waals surface area contributed by atoms with Crippen molar-refractivity contribution in [2.75, 3.05) is 0 Å². The first kappa shape index (κ1) is 7.69. The molecule has 4 heteroatoms. The molecule has 0 unspecified atom stereocenters.